The van der Waals surface area contributed by atoms with Crippen LogP contribution in [0.1, 0.15) is 30.7 Å². The van der Waals surface area contributed by atoms with Gasteiger partial charge in [-0.15, -0.1) is 0 Å². The van der Waals surface area contributed by atoms with E-state index >= 15 is 0 Å². The molecule has 0 bridgehead atoms. The fraction of sp³-hybridized carbons (Fsp3) is 0.231. The third kappa shape index (κ3) is 5.12. The van der Waals surface area contributed by atoms with Gasteiger partial charge in [0, 0.05) is 29.8 Å². The number of furan rings is 1. The van der Waals surface area contributed by atoms with Gasteiger partial charge >= 0.3 is 0 Å². The second kappa shape index (κ2) is 9.69. The third-order valence-corrected chi connectivity index (χ3v) is 6.29. The van der Waals surface area contributed by atoms with Gasteiger partial charge in [0.1, 0.15) is 11.5 Å². The number of rotatable bonds is 6. The van der Waals surface area contributed by atoms with Crippen LogP contribution in [0.3, 0.4) is 0 Å². The van der Waals surface area contributed by atoms with E-state index in [1.165, 1.54) is 17.8 Å². The van der Waals surface area contributed by atoms with Crippen molar-refractivity contribution >= 4 is 40.3 Å². The SMILES string of the molecule is Cc1ccc(N=C2S/C(=C/c3ccc(-c4ccc(C)c([N+](=O)[O-])c4)o3)C(=O)N2CC(C)C)cc1. The first-order valence-corrected chi connectivity index (χ1v) is 11.7. The summed E-state index contributed by atoms with van der Waals surface area (Å²) >= 11 is 1.31. The van der Waals surface area contributed by atoms with Crippen LogP contribution in [0.5, 0.6) is 0 Å². The molecule has 1 aromatic heterocycles. The van der Waals surface area contributed by atoms with Crippen molar-refractivity contribution in [2.24, 2.45) is 10.9 Å². The van der Waals surface area contributed by atoms with Gasteiger partial charge in [-0.1, -0.05) is 43.7 Å². The fourth-order valence-corrected chi connectivity index (χ4v) is 4.51. The highest BCUT2D eigenvalue weighted by Crippen LogP contribution is 2.36. The maximum atomic E-state index is 13.2. The molecule has 3 aromatic rings. The Morgan fingerprint density at radius 2 is 1.85 bits per heavy atom. The zero-order valence-electron chi connectivity index (χ0n) is 19.4. The average Bonchev–Trinajstić information content (AvgIpc) is 3.36. The van der Waals surface area contributed by atoms with Gasteiger partial charge in [-0.25, -0.2) is 4.99 Å². The highest BCUT2D eigenvalue weighted by molar-refractivity contribution is 8.18. The molecule has 0 spiro atoms. The lowest BCUT2D eigenvalue weighted by Gasteiger charge is -2.17. The van der Waals surface area contributed by atoms with E-state index < -0.39 is 4.92 Å². The van der Waals surface area contributed by atoms with Crippen LogP contribution in [0.25, 0.3) is 17.4 Å². The summed E-state index contributed by atoms with van der Waals surface area (Å²) in [6.45, 7) is 8.39. The third-order valence-electron chi connectivity index (χ3n) is 5.29. The molecule has 4 rings (SSSR count). The number of thioether (sulfide) groups is 1. The number of aliphatic imine (C=N–C) groups is 1. The molecule has 0 atom stereocenters. The number of nitro benzene ring substituents is 1. The van der Waals surface area contributed by atoms with Crippen molar-refractivity contribution in [3.05, 3.63) is 86.5 Å². The Bertz CT molecular complexity index is 1310. The molecular formula is C26H25N3O4S. The van der Waals surface area contributed by atoms with E-state index in [-0.39, 0.29) is 17.5 Å². The van der Waals surface area contributed by atoms with E-state index in [0.29, 0.717) is 39.3 Å². The Balaban J connectivity index is 1.63. The average molecular weight is 476 g/mol. The minimum absolute atomic E-state index is 0.0385. The normalized spacial score (nSPS) is 16.3. The van der Waals surface area contributed by atoms with Gasteiger partial charge in [0.15, 0.2) is 5.17 Å². The molecule has 7 nitrogen and oxygen atoms in total. The molecule has 1 saturated heterocycles. The van der Waals surface area contributed by atoms with Crippen molar-refractivity contribution in [2.75, 3.05) is 6.54 Å². The second-order valence-electron chi connectivity index (χ2n) is 8.61. The fourth-order valence-electron chi connectivity index (χ4n) is 3.52. The maximum absolute atomic E-state index is 13.2. The monoisotopic (exact) mass is 475 g/mol. The lowest BCUT2D eigenvalue weighted by atomic mass is 10.1. The van der Waals surface area contributed by atoms with Gasteiger partial charge in [-0.3, -0.25) is 19.8 Å². The number of nitrogens with zero attached hydrogens (tertiary/aromatic N) is 3. The molecule has 0 radical (unpaired) electrons. The van der Waals surface area contributed by atoms with E-state index in [2.05, 4.69) is 13.8 Å². The van der Waals surface area contributed by atoms with Gasteiger partial charge in [-0.05, 0) is 55.8 Å². The molecule has 1 amide bonds. The molecule has 34 heavy (non-hydrogen) atoms. The lowest BCUT2D eigenvalue weighted by Crippen LogP contribution is -2.32. The summed E-state index contributed by atoms with van der Waals surface area (Å²) < 4.78 is 5.91. The van der Waals surface area contributed by atoms with Crippen LogP contribution in [0.2, 0.25) is 0 Å². The summed E-state index contributed by atoms with van der Waals surface area (Å²) in [6.07, 6.45) is 1.70. The molecule has 0 unspecified atom stereocenters. The number of hydrogen-bond acceptors (Lipinski definition) is 6. The Morgan fingerprint density at radius 3 is 2.53 bits per heavy atom. The van der Waals surface area contributed by atoms with Gasteiger partial charge in [0.05, 0.1) is 15.5 Å². The molecule has 2 heterocycles. The van der Waals surface area contributed by atoms with Crippen LogP contribution in [-0.4, -0.2) is 27.4 Å². The van der Waals surface area contributed by atoms with E-state index in [1.54, 1.807) is 42.2 Å². The molecule has 2 aromatic carbocycles. The molecule has 1 aliphatic heterocycles. The highest BCUT2D eigenvalue weighted by atomic mass is 32.2. The number of hydrogen-bond donors (Lipinski definition) is 0. The van der Waals surface area contributed by atoms with Crippen molar-refractivity contribution in [1.82, 2.24) is 4.90 Å². The largest absolute Gasteiger partial charge is 0.457 e. The van der Waals surface area contributed by atoms with Crippen LogP contribution >= 0.6 is 11.8 Å². The number of carbonyl (C=O) groups excluding carboxylic acids is 1. The van der Waals surface area contributed by atoms with Crippen molar-refractivity contribution < 1.29 is 14.1 Å². The van der Waals surface area contributed by atoms with Gasteiger partial charge < -0.3 is 4.42 Å². The minimum atomic E-state index is -0.406. The van der Waals surface area contributed by atoms with Crippen molar-refractivity contribution in [3.63, 3.8) is 0 Å². The standard InChI is InChI=1S/C26H25N3O4S/c1-16(2)15-28-25(30)24(34-26(28)27-20-9-5-17(3)6-10-20)14-21-11-12-23(33-21)19-8-7-18(4)22(13-19)29(31)32/h5-14,16H,15H2,1-4H3/b24-14+,27-26?. The maximum Gasteiger partial charge on any atom is 0.273 e. The summed E-state index contributed by atoms with van der Waals surface area (Å²) in [5.41, 5.74) is 3.16. The summed E-state index contributed by atoms with van der Waals surface area (Å²) in [4.78, 5) is 31.0. The van der Waals surface area contributed by atoms with Crippen molar-refractivity contribution in [3.8, 4) is 11.3 Å². The Labute approximate surface area is 202 Å². The highest BCUT2D eigenvalue weighted by Gasteiger charge is 2.34. The van der Waals surface area contributed by atoms with Crippen LogP contribution < -0.4 is 0 Å². The Hall–Kier alpha value is -3.65. The van der Waals surface area contributed by atoms with E-state index in [1.807, 2.05) is 31.2 Å². The van der Waals surface area contributed by atoms with Gasteiger partial charge in [-0.2, -0.15) is 0 Å². The van der Waals surface area contributed by atoms with Crippen LogP contribution in [-0.2, 0) is 4.79 Å². The molecule has 0 saturated carbocycles. The molecule has 0 aliphatic carbocycles. The number of carbonyl (C=O) groups is 1. The van der Waals surface area contributed by atoms with Crippen LogP contribution in [0, 0.1) is 29.9 Å². The predicted octanol–water partition coefficient (Wildman–Crippen LogP) is 6.73. The minimum Gasteiger partial charge on any atom is -0.457 e. The predicted molar refractivity (Wildman–Crippen MR) is 136 cm³/mol. The number of nitro groups is 1. The number of amidine groups is 1. The molecule has 8 heteroatoms. The summed E-state index contributed by atoms with van der Waals surface area (Å²) in [5.74, 6) is 1.15. The number of benzene rings is 2. The van der Waals surface area contributed by atoms with E-state index in [9.17, 15) is 14.9 Å². The van der Waals surface area contributed by atoms with E-state index in [4.69, 9.17) is 9.41 Å². The summed E-state index contributed by atoms with van der Waals surface area (Å²) in [5, 5.41) is 11.9. The van der Waals surface area contributed by atoms with Crippen LogP contribution in [0.4, 0.5) is 11.4 Å². The lowest BCUT2D eigenvalue weighted by molar-refractivity contribution is -0.385. The van der Waals surface area contributed by atoms with E-state index in [0.717, 1.165) is 11.3 Å². The molecule has 1 fully saturated rings. The number of aryl methyl sites for hydroxylation is 2. The Kier molecular flexibility index (Phi) is 6.70. The molecule has 174 valence electrons. The van der Waals surface area contributed by atoms with Crippen molar-refractivity contribution in [1.29, 1.82) is 0 Å². The van der Waals surface area contributed by atoms with Crippen LogP contribution in [0.15, 0.2) is 68.9 Å². The zero-order valence-corrected chi connectivity index (χ0v) is 20.3. The zero-order chi connectivity index (χ0) is 24.4. The molecule has 1 aliphatic rings. The first-order valence-electron chi connectivity index (χ1n) is 10.9. The summed E-state index contributed by atoms with van der Waals surface area (Å²) in [7, 11) is 0. The quantitative estimate of drug-likeness (QED) is 0.224. The number of amides is 1. The Morgan fingerprint density at radius 1 is 1.12 bits per heavy atom. The smallest absolute Gasteiger partial charge is 0.273 e. The second-order valence-corrected chi connectivity index (χ2v) is 9.62. The topological polar surface area (TPSA) is 89.0 Å². The molecular weight excluding hydrogens is 450 g/mol. The first-order chi connectivity index (χ1) is 16.2. The summed E-state index contributed by atoms with van der Waals surface area (Å²) in [6, 6.07) is 16.3. The van der Waals surface area contributed by atoms with Crippen molar-refractivity contribution in [2.45, 2.75) is 27.7 Å². The molecule has 0 N–H and O–H groups in total. The van der Waals surface area contributed by atoms with Gasteiger partial charge in [0.2, 0.25) is 0 Å². The van der Waals surface area contributed by atoms with Gasteiger partial charge in [0.25, 0.3) is 11.6 Å². The first kappa shape index (κ1) is 23.5.